The first kappa shape index (κ1) is 19.3. The number of rotatable bonds is 8. The fraction of sp³-hybridized carbons (Fsp3) is 0.292. The smallest absolute Gasteiger partial charge is 0.231 e. The molecule has 0 saturated heterocycles. The molecule has 0 unspecified atom stereocenters. The van der Waals surface area contributed by atoms with Crippen molar-refractivity contribution in [3.05, 3.63) is 65.7 Å². The van der Waals surface area contributed by atoms with Gasteiger partial charge in [0.15, 0.2) is 17.3 Å². The van der Waals surface area contributed by atoms with Crippen molar-refractivity contribution in [2.45, 2.75) is 12.8 Å². The summed E-state index contributed by atoms with van der Waals surface area (Å²) >= 11 is 0. The van der Waals surface area contributed by atoms with Gasteiger partial charge in [0, 0.05) is 25.1 Å². The third-order valence-electron chi connectivity index (χ3n) is 5.31. The number of Topliss-reactive ketones (excluding diaryl/α,β-unsaturated/α-hetero) is 1. The number of carbonyl (C=O) groups excluding carboxylic acids is 1. The molecule has 0 atom stereocenters. The Balaban J connectivity index is 1.30. The molecular weight excluding hydrogens is 366 g/mol. The Kier molecular flexibility index (Phi) is 5.67. The highest BCUT2D eigenvalue weighted by Gasteiger charge is 2.14. The Morgan fingerprint density at radius 3 is 2.62 bits per heavy atom. The summed E-state index contributed by atoms with van der Waals surface area (Å²) in [6.07, 6.45) is 1.40. The minimum absolute atomic E-state index is 0.164. The molecule has 3 aromatic rings. The first-order valence-corrected chi connectivity index (χ1v) is 9.80. The summed E-state index contributed by atoms with van der Waals surface area (Å²) in [4.78, 5) is 14.8. The predicted molar refractivity (Wildman–Crippen MR) is 113 cm³/mol. The fourth-order valence-corrected chi connectivity index (χ4v) is 3.49. The maximum absolute atomic E-state index is 12.6. The Morgan fingerprint density at radius 2 is 1.76 bits per heavy atom. The molecule has 4 rings (SSSR count). The van der Waals surface area contributed by atoms with Crippen molar-refractivity contribution >= 4 is 16.6 Å². The highest BCUT2D eigenvalue weighted by atomic mass is 16.7. The van der Waals surface area contributed by atoms with E-state index in [4.69, 9.17) is 14.2 Å². The molecule has 5 nitrogen and oxygen atoms in total. The normalized spacial score (nSPS) is 12.5. The van der Waals surface area contributed by atoms with Gasteiger partial charge in [-0.25, -0.2) is 0 Å². The van der Waals surface area contributed by atoms with Gasteiger partial charge in [0.25, 0.3) is 0 Å². The molecule has 0 bridgehead atoms. The number of methoxy groups -OCH3 is 1. The number of hydrogen-bond acceptors (Lipinski definition) is 5. The molecule has 150 valence electrons. The van der Waals surface area contributed by atoms with Crippen LogP contribution in [0.15, 0.2) is 54.6 Å². The van der Waals surface area contributed by atoms with Crippen LogP contribution in [-0.4, -0.2) is 44.7 Å². The van der Waals surface area contributed by atoms with Gasteiger partial charge in [-0.15, -0.1) is 0 Å². The van der Waals surface area contributed by atoms with Crippen molar-refractivity contribution in [3.8, 4) is 17.2 Å². The lowest BCUT2D eigenvalue weighted by Crippen LogP contribution is -2.24. The number of likely N-dealkylation sites (N-methyl/N-ethyl adjacent to an activating group) is 1. The molecule has 0 aliphatic carbocycles. The van der Waals surface area contributed by atoms with Crippen LogP contribution in [0.3, 0.4) is 0 Å². The number of fused-ring (bicyclic) bond motifs is 2. The molecular formula is C24H25NO4. The molecule has 0 N–H and O–H groups in total. The summed E-state index contributed by atoms with van der Waals surface area (Å²) in [5.74, 6) is 2.61. The molecule has 0 fully saturated rings. The van der Waals surface area contributed by atoms with Crippen LogP contribution >= 0.6 is 0 Å². The highest BCUT2D eigenvalue weighted by molar-refractivity contribution is 6.00. The van der Waals surface area contributed by atoms with Crippen LogP contribution in [0.2, 0.25) is 0 Å². The van der Waals surface area contributed by atoms with Gasteiger partial charge < -0.3 is 19.1 Å². The highest BCUT2D eigenvalue weighted by Crippen LogP contribution is 2.32. The first-order chi connectivity index (χ1) is 14.1. The molecule has 0 spiro atoms. The van der Waals surface area contributed by atoms with E-state index in [-0.39, 0.29) is 5.78 Å². The van der Waals surface area contributed by atoms with Gasteiger partial charge in [0.2, 0.25) is 6.79 Å². The summed E-state index contributed by atoms with van der Waals surface area (Å²) in [5, 5.41) is 2.12. The van der Waals surface area contributed by atoms with Gasteiger partial charge in [-0.2, -0.15) is 0 Å². The van der Waals surface area contributed by atoms with E-state index in [9.17, 15) is 4.79 Å². The van der Waals surface area contributed by atoms with Crippen LogP contribution in [-0.2, 0) is 6.42 Å². The van der Waals surface area contributed by atoms with Gasteiger partial charge >= 0.3 is 0 Å². The Labute approximate surface area is 170 Å². The van der Waals surface area contributed by atoms with E-state index < -0.39 is 0 Å². The van der Waals surface area contributed by atoms with Gasteiger partial charge in [-0.3, -0.25) is 4.79 Å². The van der Waals surface area contributed by atoms with E-state index >= 15 is 0 Å². The maximum atomic E-state index is 12.6. The fourth-order valence-electron chi connectivity index (χ4n) is 3.49. The lowest BCUT2D eigenvalue weighted by molar-refractivity contribution is 0.0969. The van der Waals surface area contributed by atoms with Gasteiger partial charge in [0.05, 0.1) is 7.11 Å². The van der Waals surface area contributed by atoms with Crippen molar-refractivity contribution < 1.29 is 19.0 Å². The summed E-state index contributed by atoms with van der Waals surface area (Å²) in [7, 11) is 3.70. The lowest BCUT2D eigenvalue weighted by atomic mass is 10.0. The van der Waals surface area contributed by atoms with Gasteiger partial charge in [0.1, 0.15) is 5.75 Å². The second kappa shape index (κ2) is 8.53. The summed E-state index contributed by atoms with van der Waals surface area (Å²) < 4.78 is 16.0. The van der Waals surface area contributed by atoms with Gasteiger partial charge in [-0.05, 0) is 60.1 Å². The lowest BCUT2D eigenvalue weighted by Gasteiger charge is -2.16. The number of hydrogen-bond donors (Lipinski definition) is 0. The van der Waals surface area contributed by atoms with Crippen molar-refractivity contribution in [2.75, 3.05) is 34.0 Å². The van der Waals surface area contributed by atoms with E-state index in [0.29, 0.717) is 13.2 Å². The molecule has 0 radical (unpaired) electrons. The Bertz CT molecular complexity index is 1030. The third kappa shape index (κ3) is 4.51. The van der Waals surface area contributed by atoms with Crippen molar-refractivity contribution in [2.24, 2.45) is 0 Å². The van der Waals surface area contributed by atoms with Crippen LogP contribution in [0.4, 0.5) is 0 Å². The summed E-state index contributed by atoms with van der Waals surface area (Å²) in [6.45, 7) is 1.90. The van der Waals surface area contributed by atoms with Crippen LogP contribution in [0.1, 0.15) is 22.3 Å². The van der Waals surface area contributed by atoms with E-state index in [1.54, 1.807) is 7.11 Å². The minimum Gasteiger partial charge on any atom is -0.497 e. The van der Waals surface area contributed by atoms with E-state index in [0.717, 1.165) is 53.1 Å². The number of carbonyl (C=O) groups is 1. The average Bonchev–Trinajstić information content (AvgIpc) is 3.23. The quantitative estimate of drug-likeness (QED) is 0.535. The molecule has 1 heterocycles. The third-order valence-corrected chi connectivity index (χ3v) is 5.31. The minimum atomic E-state index is 0.164. The van der Waals surface area contributed by atoms with Gasteiger partial charge in [-0.1, -0.05) is 24.3 Å². The van der Waals surface area contributed by atoms with Crippen LogP contribution in [0.5, 0.6) is 17.2 Å². The van der Waals surface area contributed by atoms with Crippen molar-refractivity contribution in [1.82, 2.24) is 4.90 Å². The Hall–Kier alpha value is -3.05. The van der Waals surface area contributed by atoms with Crippen LogP contribution in [0, 0.1) is 0 Å². The van der Waals surface area contributed by atoms with E-state index in [2.05, 4.69) is 11.0 Å². The SMILES string of the molecule is COc1ccc2cc(C(=O)CCN(C)CCc3ccc4c(c3)OCO4)ccc2c1. The molecule has 3 aromatic carbocycles. The molecule has 29 heavy (non-hydrogen) atoms. The monoisotopic (exact) mass is 391 g/mol. The second-order valence-electron chi connectivity index (χ2n) is 7.34. The molecule has 0 amide bonds. The maximum Gasteiger partial charge on any atom is 0.231 e. The molecule has 1 aliphatic rings. The number of benzene rings is 3. The summed E-state index contributed by atoms with van der Waals surface area (Å²) in [6, 6.07) is 17.8. The summed E-state index contributed by atoms with van der Waals surface area (Å²) in [5.41, 5.74) is 1.96. The Morgan fingerprint density at radius 1 is 0.966 bits per heavy atom. The van der Waals surface area contributed by atoms with E-state index in [1.165, 1.54) is 5.56 Å². The molecule has 0 saturated carbocycles. The van der Waals surface area contributed by atoms with Crippen LogP contribution < -0.4 is 14.2 Å². The predicted octanol–water partition coefficient (Wildman–Crippen LogP) is 4.32. The number of ether oxygens (including phenoxy) is 3. The molecule has 1 aliphatic heterocycles. The zero-order chi connectivity index (χ0) is 20.2. The topological polar surface area (TPSA) is 48.0 Å². The number of nitrogens with zero attached hydrogens (tertiary/aromatic N) is 1. The average molecular weight is 391 g/mol. The van der Waals surface area contributed by atoms with E-state index in [1.807, 2.05) is 55.6 Å². The van der Waals surface area contributed by atoms with Crippen molar-refractivity contribution in [3.63, 3.8) is 0 Å². The number of ketones is 1. The van der Waals surface area contributed by atoms with Crippen molar-refractivity contribution in [1.29, 1.82) is 0 Å². The first-order valence-electron chi connectivity index (χ1n) is 9.80. The zero-order valence-electron chi connectivity index (χ0n) is 16.8. The largest absolute Gasteiger partial charge is 0.497 e. The van der Waals surface area contributed by atoms with Crippen LogP contribution in [0.25, 0.3) is 10.8 Å². The standard InChI is InChI=1S/C24H25NO4/c1-25(11-9-17-3-8-23-24(13-17)29-16-28-23)12-10-22(26)20-5-4-19-15-21(27-2)7-6-18(19)14-20/h3-8,13-15H,9-12,16H2,1-2H3. The second-order valence-corrected chi connectivity index (χ2v) is 7.34. The zero-order valence-corrected chi connectivity index (χ0v) is 16.8. The molecule has 0 aromatic heterocycles. The molecule has 5 heteroatoms.